The first kappa shape index (κ1) is 13.1. The predicted molar refractivity (Wildman–Crippen MR) is 70.1 cm³/mol. The number of halogens is 1. The molecule has 0 aromatic heterocycles. The Balaban J connectivity index is 2.13. The van der Waals surface area contributed by atoms with Gasteiger partial charge in [-0.1, -0.05) is 6.07 Å². The topological polar surface area (TPSA) is 46.6 Å². The smallest absolute Gasteiger partial charge is 0.339 e. The third kappa shape index (κ3) is 2.72. The van der Waals surface area contributed by atoms with E-state index >= 15 is 0 Å². The molecule has 4 nitrogen and oxygen atoms in total. The molecule has 0 bridgehead atoms. The zero-order valence-electron chi connectivity index (χ0n) is 10.1. The maximum atomic E-state index is 11.5. The lowest BCUT2D eigenvalue weighted by Crippen LogP contribution is -2.23. The molecular formula is C13H14BrNO3. The molecule has 1 aliphatic rings. The Bertz CT molecular complexity index is 487. The molecule has 0 radical (unpaired) electrons. The highest BCUT2D eigenvalue weighted by atomic mass is 79.9. The number of carbonyl (C=O) groups is 2. The SMILES string of the molecule is COC(=O)c1ccc(CN2CCCC2=O)cc1Br. The second-order valence-electron chi connectivity index (χ2n) is 4.22. The van der Waals surface area contributed by atoms with Gasteiger partial charge in [0.25, 0.3) is 0 Å². The summed E-state index contributed by atoms with van der Waals surface area (Å²) in [5.41, 5.74) is 1.50. The van der Waals surface area contributed by atoms with Crippen molar-refractivity contribution in [1.29, 1.82) is 0 Å². The van der Waals surface area contributed by atoms with Crippen LogP contribution in [0.1, 0.15) is 28.8 Å². The summed E-state index contributed by atoms with van der Waals surface area (Å²) in [7, 11) is 1.35. The van der Waals surface area contributed by atoms with Gasteiger partial charge in [0.15, 0.2) is 0 Å². The average Bonchev–Trinajstić information content (AvgIpc) is 2.74. The van der Waals surface area contributed by atoms with Gasteiger partial charge in [-0.25, -0.2) is 4.79 Å². The standard InChI is InChI=1S/C13H14BrNO3/c1-18-13(17)10-5-4-9(7-11(10)14)8-15-6-2-3-12(15)16/h4-5,7H,2-3,6,8H2,1H3. The van der Waals surface area contributed by atoms with E-state index in [9.17, 15) is 9.59 Å². The van der Waals surface area contributed by atoms with Gasteiger partial charge < -0.3 is 9.64 Å². The number of hydrogen-bond acceptors (Lipinski definition) is 3. The first-order chi connectivity index (χ1) is 8.61. The Morgan fingerprint density at radius 3 is 2.83 bits per heavy atom. The molecule has 0 atom stereocenters. The van der Waals surface area contributed by atoms with Crippen molar-refractivity contribution >= 4 is 27.8 Å². The number of hydrogen-bond donors (Lipinski definition) is 0. The van der Waals surface area contributed by atoms with Crippen molar-refractivity contribution in [2.24, 2.45) is 0 Å². The van der Waals surface area contributed by atoms with Crippen LogP contribution >= 0.6 is 15.9 Å². The first-order valence-corrected chi connectivity index (χ1v) is 6.55. The highest BCUT2D eigenvalue weighted by Crippen LogP contribution is 2.22. The monoisotopic (exact) mass is 311 g/mol. The van der Waals surface area contributed by atoms with Gasteiger partial charge in [-0.2, -0.15) is 0 Å². The molecule has 0 saturated carbocycles. The minimum Gasteiger partial charge on any atom is -0.465 e. The molecule has 2 rings (SSSR count). The summed E-state index contributed by atoms with van der Waals surface area (Å²) in [6, 6.07) is 5.42. The fourth-order valence-corrected chi connectivity index (χ4v) is 2.61. The Morgan fingerprint density at radius 2 is 2.28 bits per heavy atom. The van der Waals surface area contributed by atoms with Gasteiger partial charge in [0.05, 0.1) is 12.7 Å². The molecule has 18 heavy (non-hydrogen) atoms. The lowest BCUT2D eigenvalue weighted by Gasteiger charge is -2.16. The van der Waals surface area contributed by atoms with Gasteiger partial charge in [-0.05, 0) is 40.0 Å². The minimum atomic E-state index is -0.370. The number of ether oxygens (including phenoxy) is 1. The largest absolute Gasteiger partial charge is 0.465 e. The van der Waals surface area contributed by atoms with Crippen molar-refractivity contribution in [3.8, 4) is 0 Å². The van der Waals surface area contributed by atoms with Gasteiger partial charge in [0, 0.05) is 24.0 Å². The van der Waals surface area contributed by atoms with Crippen LogP contribution < -0.4 is 0 Å². The maximum absolute atomic E-state index is 11.5. The summed E-state index contributed by atoms with van der Waals surface area (Å²) < 4.78 is 5.37. The second-order valence-corrected chi connectivity index (χ2v) is 5.08. The summed E-state index contributed by atoms with van der Waals surface area (Å²) in [4.78, 5) is 24.8. The van der Waals surface area contributed by atoms with E-state index < -0.39 is 0 Å². The van der Waals surface area contributed by atoms with Crippen LogP contribution in [0.25, 0.3) is 0 Å². The lowest BCUT2D eigenvalue weighted by atomic mass is 10.1. The van der Waals surface area contributed by atoms with E-state index in [2.05, 4.69) is 20.7 Å². The highest BCUT2D eigenvalue weighted by Gasteiger charge is 2.20. The van der Waals surface area contributed by atoms with Crippen LogP contribution in [0.4, 0.5) is 0 Å². The van der Waals surface area contributed by atoms with E-state index in [1.165, 1.54) is 7.11 Å². The quantitative estimate of drug-likeness (QED) is 0.805. The summed E-state index contributed by atoms with van der Waals surface area (Å²) in [6.07, 6.45) is 1.57. The number of rotatable bonds is 3. The van der Waals surface area contributed by atoms with Crippen molar-refractivity contribution in [1.82, 2.24) is 4.90 Å². The molecule has 1 aromatic carbocycles. The number of likely N-dealkylation sites (tertiary alicyclic amines) is 1. The number of esters is 1. The molecule has 1 heterocycles. The van der Waals surface area contributed by atoms with Crippen molar-refractivity contribution in [2.75, 3.05) is 13.7 Å². The fourth-order valence-electron chi connectivity index (χ4n) is 2.02. The number of methoxy groups -OCH3 is 1. The lowest BCUT2D eigenvalue weighted by molar-refractivity contribution is -0.128. The van der Waals surface area contributed by atoms with Crippen molar-refractivity contribution in [3.05, 3.63) is 33.8 Å². The van der Waals surface area contributed by atoms with Crippen molar-refractivity contribution < 1.29 is 14.3 Å². The van der Waals surface area contributed by atoms with E-state index in [-0.39, 0.29) is 11.9 Å². The number of nitrogens with zero attached hydrogens (tertiary/aromatic N) is 1. The molecule has 1 amide bonds. The summed E-state index contributed by atoms with van der Waals surface area (Å²) in [6.45, 7) is 1.41. The van der Waals surface area contributed by atoms with Crippen LogP contribution in [0.5, 0.6) is 0 Å². The van der Waals surface area contributed by atoms with E-state index in [4.69, 9.17) is 0 Å². The Hall–Kier alpha value is -1.36. The molecule has 1 aromatic rings. The summed E-state index contributed by atoms with van der Waals surface area (Å²) in [5, 5.41) is 0. The van der Waals surface area contributed by atoms with Crippen LogP contribution in [-0.2, 0) is 16.1 Å². The molecule has 1 saturated heterocycles. The van der Waals surface area contributed by atoms with E-state index in [0.29, 0.717) is 23.0 Å². The van der Waals surface area contributed by atoms with E-state index in [1.54, 1.807) is 6.07 Å². The predicted octanol–water partition coefficient (Wildman–Crippen LogP) is 2.36. The van der Waals surface area contributed by atoms with Gasteiger partial charge in [0.1, 0.15) is 0 Å². The second kappa shape index (κ2) is 5.52. The molecule has 5 heteroatoms. The Morgan fingerprint density at radius 1 is 1.50 bits per heavy atom. The zero-order valence-corrected chi connectivity index (χ0v) is 11.7. The minimum absolute atomic E-state index is 0.197. The molecular weight excluding hydrogens is 298 g/mol. The third-order valence-electron chi connectivity index (χ3n) is 2.98. The average molecular weight is 312 g/mol. The van der Waals surface area contributed by atoms with Crippen LogP contribution in [0.15, 0.2) is 22.7 Å². The van der Waals surface area contributed by atoms with Crippen molar-refractivity contribution in [3.63, 3.8) is 0 Å². The zero-order chi connectivity index (χ0) is 13.1. The van der Waals surface area contributed by atoms with Crippen molar-refractivity contribution in [2.45, 2.75) is 19.4 Å². The van der Waals surface area contributed by atoms with Gasteiger partial charge in [0.2, 0.25) is 5.91 Å². The molecule has 0 unspecified atom stereocenters. The molecule has 0 spiro atoms. The highest BCUT2D eigenvalue weighted by molar-refractivity contribution is 9.10. The van der Waals surface area contributed by atoms with E-state index in [0.717, 1.165) is 18.5 Å². The normalized spacial score (nSPS) is 15.0. The first-order valence-electron chi connectivity index (χ1n) is 5.76. The summed E-state index contributed by atoms with van der Waals surface area (Å²) >= 11 is 3.35. The number of amides is 1. The molecule has 1 fully saturated rings. The third-order valence-corrected chi connectivity index (χ3v) is 3.64. The molecule has 96 valence electrons. The van der Waals surface area contributed by atoms with Crippen LogP contribution in [0, 0.1) is 0 Å². The molecule has 0 N–H and O–H groups in total. The maximum Gasteiger partial charge on any atom is 0.339 e. The molecule has 1 aliphatic heterocycles. The summed E-state index contributed by atoms with van der Waals surface area (Å²) in [5.74, 6) is -0.172. The van der Waals surface area contributed by atoms with Gasteiger partial charge in [-0.15, -0.1) is 0 Å². The fraction of sp³-hybridized carbons (Fsp3) is 0.385. The van der Waals surface area contributed by atoms with Crippen LogP contribution in [0.3, 0.4) is 0 Å². The van der Waals surface area contributed by atoms with E-state index in [1.807, 2.05) is 17.0 Å². The number of benzene rings is 1. The van der Waals surface area contributed by atoms with Crippen LogP contribution in [0.2, 0.25) is 0 Å². The Labute approximate surface area is 114 Å². The number of carbonyl (C=O) groups excluding carboxylic acids is 2. The molecule has 0 aliphatic carbocycles. The Kier molecular flexibility index (Phi) is 4.01. The van der Waals surface area contributed by atoms with Gasteiger partial charge in [-0.3, -0.25) is 4.79 Å². The van der Waals surface area contributed by atoms with Crippen LogP contribution in [-0.4, -0.2) is 30.4 Å². The van der Waals surface area contributed by atoms with Gasteiger partial charge >= 0.3 is 5.97 Å².